The second-order valence-electron chi connectivity index (χ2n) is 8.01. The number of anilines is 2. The SMILES string of the molecule is COc1ccc([C@@H]2C[C@@H](C(F)(F)F)n3ncc(C(=O)NNC(=S)Nc4ccc(C)cc4)c3N2)cc1. The normalized spacial score (nSPS) is 17.1. The number of aryl methyl sites for hydroxylation is 1. The van der Waals surface area contributed by atoms with Gasteiger partial charge in [-0.25, -0.2) is 4.68 Å². The van der Waals surface area contributed by atoms with Gasteiger partial charge in [-0.15, -0.1) is 0 Å². The molecule has 0 aliphatic carbocycles. The first-order valence-corrected chi connectivity index (χ1v) is 11.0. The van der Waals surface area contributed by atoms with Gasteiger partial charge in [-0.2, -0.15) is 18.3 Å². The van der Waals surface area contributed by atoms with Crippen LogP contribution in [0.4, 0.5) is 24.7 Å². The number of methoxy groups -OCH3 is 1. The van der Waals surface area contributed by atoms with Crippen molar-refractivity contribution in [2.24, 2.45) is 0 Å². The number of nitrogens with one attached hydrogen (secondary N) is 4. The lowest BCUT2D eigenvalue weighted by atomic mass is 9.96. The molecule has 0 fully saturated rings. The molecule has 0 saturated heterocycles. The van der Waals surface area contributed by atoms with Crippen LogP contribution >= 0.6 is 12.2 Å². The Morgan fingerprint density at radius 1 is 1.14 bits per heavy atom. The van der Waals surface area contributed by atoms with Crippen LogP contribution in [-0.4, -0.2) is 34.1 Å². The van der Waals surface area contributed by atoms with Gasteiger partial charge in [0, 0.05) is 12.1 Å². The van der Waals surface area contributed by atoms with Gasteiger partial charge in [0.15, 0.2) is 11.2 Å². The summed E-state index contributed by atoms with van der Waals surface area (Å²) >= 11 is 5.18. The van der Waals surface area contributed by atoms with Crippen LogP contribution in [0.15, 0.2) is 54.7 Å². The molecule has 0 saturated carbocycles. The number of carbonyl (C=O) groups excluding carboxylic acids is 1. The topological polar surface area (TPSA) is 92.2 Å². The fourth-order valence-corrected chi connectivity index (χ4v) is 3.93. The number of alkyl halides is 3. The number of ether oxygens (including phenoxy) is 1. The second kappa shape index (κ2) is 9.82. The Labute approximate surface area is 204 Å². The molecule has 184 valence electrons. The zero-order valence-corrected chi connectivity index (χ0v) is 19.6. The van der Waals surface area contributed by atoms with Crippen LogP contribution in [0.25, 0.3) is 0 Å². The summed E-state index contributed by atoms with van der Waals surface area (Å²) in [6.45, 7) is 1.95. The molecule has 4 rings (SSSR count). The number of halogens is 3. The average Bonchev–Trinajstić information content (AvgIpc) is 3.27. The van der Waals surface area contributed by atoms with E-state index in [4.69, 9.17) is 17.0 Å². The molecule has 35 heavy (non-hydrogen) atoms. The molecule has 2 atom stereocenters. The van der Waals surface area contributed by atoms with Crippen molar-refractivity contribution < 1.29 is 22.7 Å². The third-order valence-electron chi connectivity index (χ3n) is 5.60. The summed E-state index contributed by atoms with van der Waals surface area (Å²) in [4.78, 5) is 12.8. The summed E-state index contributed by atoms with van der Waals surface area (Å²) in [7, 11) is 1.51. The minimum absolute atomic E-state index is 0.0314. The number of nitrogens with zero attached hydrogens (tertiary/aromatic N) is 2. The smallest absolute Gasteiger partial charge is 0.410 e. The van der Waals surface area contributed by atoms with Gasteiger partial charge in [-0.1, -0.05) is 29.8 Å². The van der Waals surface area contributed by atoms with Crippen molar-refractivity contribution in [1.82, 2.24) is 20.6 Å². The summed E-state index contributed by atoms with van der Waals surface area (Å²) in [6, 6.07) is 11.6. The molecule has 0 bridgehead atoms. The maximum absolute atomic E-state index is 13.9. The molecule has 2 aromatic carbocycles. The highest BCUT2D eigenvalue weighted by Gasteiger charge is 2.47. The Bertz CT molecular complexity index is 1210. The van der Waals surface area contributed by atoms with Crippen LogP contribution in [0.2, 0.25) is 0 Å². The molecular weight excluding hydrogens is 481 g/mol. The van der Waals surface area contributed by atoms with E-state index in [1.54, 1.807) is 24.3 Å². The van der Waals surface area contributed by atoms with Crippen molar-refractivity contribution >= 4 is 34.7 Å². The van der Waals surface area contributed by atoms with Gasteiger partial charge in [-0.05, 0) is 49.0 Å². The van der Waals surface area contributed by atoms with Crippen molar-refractivity contribution in [3.63, 3.8) is 0 Å². The van der Waals surface area contributed by atoms with E-state index in [1.165, 1.54) is 7.11 Å². The Kier molecular flexibility index (Phi) is 6.83. The number of thiocarbonyl (C=S) groups is 1. The van der Waals surface area contributed by atoms with Gasteiger partial charge in [0.2, 0.25) is 0 Å². The number of rotatable bonds is 4. The number of benzene rings is 2. The Morgan fingerprint density at radius 2 is 1.83 bits per heavy atom. The van der Waals surface area contributed by atoms with Crippen molar-refractivity contribution in [3.8, 4) is 5.75 Å². The van der Waals surface area contributed by atoms with Gasteiger partial charge in [-0.3, -0.25) is 15.6 Å². The molecule has 1 aliphatic heterocycles. The third-order valence-corrected chi connectivity index (χ3v) is 5.80. The fraction of sp³-hybridized carbons (Fsp3) is 0.261. The van der Waals surface area contributed by atoms with Crippen molar-refractivity contribution in [3.05, 3.63) is 71.4 Å². The lowest BCUT2D eigenvalue weighted by molar-refractivity contribution is -0.173. The highest BCUT2D eigenvalue weighted by atomic mass is 32.1. The maximum atomic E-state index is 13.9. The lowest BCUT2D eigenvalue weighted by Gasteiger charge is -2.34. The molecule has 2 heterocycles. The number of hydrazine groups is 1. The van der Waals surface area contributed by atoms with Gasteiger partial charge in [0.25, 0.3) is 5.91 Å². The minimum atomic E-state index is -4.56. The first-order valence-electron chi connectivity index (χ1n) is 10.6. The standard InChI is InChI=1S/C23H23F3N6O2S/c1-13-3-7-15(8-4-13)28-22(35)31-30-21(33)17-12-27-32-19(23(24,25)26)11-18(29-20(17)32)14-5-9-16(34-2)10-6-14/h3-10,12,18-19,29H,11H2,1-2H3,(H,30,33)(H2,28,31,35)/t18-,19-/m0/s1. The monoisotopic (exact) mass is 504 g/mol. The molecule has 3 aromatic rings. The number of hydrogen-bond acceptors (Lipinski definition) is 5. The molecule has 0 radical (unpaired) electrons. The van der Waals surface area contributed by atoms with E-state index in [0.29, 0.717) is 17.0 Å². The third kappa shape index (κ3) is 5.48. The van der Waals surface area contributed by atoms with Gasteiger partial charge in [0.05, 0.1) is 19.3 Å². The summed E-state index contributed by atoms with van der Waals surface area (Å²) in [5.41, 5.74) is 7.32. The van der Waals surface area contributed by atoms with Gasteiger partial charge >= 0.3 is 6.18 Å². The van der Waals surface area contributed by atoms with Crippen LogP contribution in [0, 0.1) is 6.92 Å². The molecule has 0 spiro atoms. The molecule has 4 N–H and O–H groups in total. The summed E-state index contributed by atoms with van der Waals surface area (Å²) < 4.78 is 47.6. The predicted molar refractivity (Wildman–Crippen MR) is 129 cm³/mol. The number of carbonyl (C=O) groups is 1. The number of amides is 1. The Hall–Kier alpha value is -3.80. The fourth-order valence-electron chi connectivity index (χ4n) is 3.76. The zero-order valence-electron chi connectivity index (χ0n) is 18.8. The summed E-state index contributed by atoms with van der Waals surface area (Å²) in [6.07, 6.45) is -3.74. The van der Waals surface area contributed by atoms with Crippen LogP contribution < -0.4 is 26.2 Å². The summed E-state index contributed by atoms with van der Waals surface area (Å²) in [5.74, 6) is -0.137. The van der Waals surface area contributed by atoms with E-state index in [0.717, 1.165) is 16.4 Å². The second-order valence-corrected chi connectivity index (χ2v) is 8.42. The van der Waals surface area contributed by atoms with Crippen molar-refractivity contribution in [2.75, 3.05) is 17.7 Å². The highest BCUT2D eigenvalue weighted by Crippen LogP contribution is 2.44. The largest absolute Gasteiger partial charge is 0.497 e. The number of fused-ring (bicyclic) bond motifs is 1. The van der Waals surface area contributed by atoms with Gasteiger partial charge < -0.3 is 15.4 Å². The van der Waals surface area contributed by atoms with E-state index >= 15 is 0 Å². The van der Waals surface area contributed by atoms with E-state index in [2.05, 4.69) is 26.6 Å². The van der Waals surface area contributed by atoms with Crippen LogP contribution in [0.1, 0.15) is 40.0 Å². The van der Waals surface area contributed by atoms with Crippen LogP contribution in [0.3, 0.4) is 0 Å². The van der Waals surface area contributed by atoms with E-state index in [9.17, 15) is 18.0 Å². The molecule has 12 heteroatoms. The van der Waals surface area contributed by atoms with Gasteiger partial charge in [0.1, 0.15) is 17.1 Å². The molecule has 1 aromatic heterocycles. The first kappa shape index (κ1) is 24.3. The summed E-state index contributed by atoms with van der Waals surface area (Å²) in [5, 5.41) is 9.92. The maximum Gasteiger partial charge on any atom is 0.410 e. The highest BCUT2D eigenvalue weighted by molar-refractivity contribution is 7.80. The Balaban J connectivity index is 1.51. The molecule has 1 aliphatic rings. The quantitative estimate of drug-likeness (QED) is 0.307. The van der Waals surface area contributed by atoms with E-state index < -0.39 is 24.2 Å². The average molecular weight is 505 g/mol. The van der Waals surface area contributed by atoms with E-state index in [1.807, 2.05) is 31.2 Å². The first-order chi connectivity index (χ1) is 16.7. The number of aromatic nitrogens is 2. The zero-order chi connectivity index (χ0) is 25.2. The minimum Gasteiger partial charge on any atom is -0.497 e. The molecule has 1 amide bonds. The Morgan fingerprint density at radius 3 is 2.46 bits per heavy atom. The van der Waals surface area contributed by atoms with Crippen LogP contribution in [-0.2, 0) is 0 Å². The molecule has 0 unspecified atom stereocenters. The lowest BCUT2D eigenvalue weighted by Crippen LogP contribution is -2.44. The molecular formula is C23H23F3N6O2S. The van der Waals surface area contributed by atoms with Crippen LogP contribution in [0.5, 0.6) is 5.75 Å². The number of hydrogen-bond donors (Lipinski definition) is 4. The predicted octanol–water partition coefficient (Wildman–Crippen LogP) is 4.49. The van der Waals surface area contributed by atoms with Crippen molar-refractivity contribution in [2.45, 2.75) is 31.6 Å². The van der Waals surface area contributed by atoms with E-state index in [-0.39, 0.29) is 22.9 Å². The molecule has 8 nitrogen and oxygen atoms in total. The van der Waals surface area contributed by atoms with Crippen molar-refractivity contribution in [1.29, 1.82) is 0 Å².